The van der Waals surface area contributed by atoms with Gasteiger partial charge in [0.15, 0.2) is 0 Å². The first-order valence-electron chi connectivity index (χ1n) is 7.74. The summed E-state index contributed by atoms with van der Waals surface area (Å²) in [6, 6.07) is 4.21. The maximum Gasteiger partial charge on any atom is 0.253 e. The lowest BCUT2D eigenvalue weighted by Crippen LogP contribution is -2.04. The number of hydrogen-bond donors (Lipinski definition) is 0. The fourth-order valence-electron chi connectivity index (χ4n) is 2.62. The highest BCUT2D eigenvalue weighted by Gasteiger charge is 2.18. The molecule has 0 unspecified atom stereocenters. The van der Waals surface area contributed by atoms with Crippen LogP contribution in [0.15, 0.2) is 16.2 Å². The van der Waals surface area contributed by atoms with Crippen LogP contribution in [0.1, 0.15) is 42.1 Å². The number of hydrogen-bond acceptors (Lipinski definition) is 7. The minimum Gasteiger partial charge on any atom is -0.216 e. The summed E-state index contributed by atoms with van der Waals surface area (Å²) < 4.78 is 1.69. The van der Waals surface area contributed by atoms with Gasteiger partial charge in [0, 0.05) is 11.4 Å². The smallest absolute Gasteiger partial charge is 0.216 e. The first kappa shape index (κ1) is 16.3. The minimum absolute atomic E-state index is 0.508. The van der Waals surface area contributed by atoms with Gasteiger partial charge >= 0.3 is 0 Å². The molecule has 3 rings (SSSR count). The summed E-state index contributed by atoms with van der Waals surface area (Å²) in [5, 5.41) is 23.5. The van der Waals surface area contributed by atoms with Gasteiger partial charge in [0.1, 0.15) is 11.1 Å². The molecule has 0 fully saturated rings. The maximum absolute atomic E-state index is 9.56. The second kappa shape index (κ2) is 6.53. The fourth-order valence-corrected chi connectivity index (χ4v) is 3.39. The van der Waals surface area contributed by atoms with Crippen LogP contribution in [-0.2, 0) is 12.8 Å². The van der Waals surface area contributed by atoms with Crippen molar-refractivity contribution in [3.05, 3.63) is 34.3 Å². The molecule has 0 aliphatic carbocycles. The van der Waals surface area contributed by atoms with Crippen molar-refractivity contribution in [3.63, 3.8) is 0 Å². The monoisotopic (exact) mass is 339 g/mol. The highest BCUT2D eigenvalue weighted by Crippen LogP contribution is 2.29. The van der Waals surface area contributed by atoms with Crippen molar-refractivity contribution in [3.8, 4) is 6.07 Å². The van der Waals surface area contributed by atoms with Crippen LogP contribution in [0.5, 0.6) is 0 Å². The number of rotatable bonds is 4. The van der Waals surface area contributed by atoms with E-state index in [1.807, 2.05) is 33.8 Å². The van der Waals surface area contributed by atoms with Crippen molar-refractivity contribution in [2.75, 3.05) is 0 Å². The van der Waals surface area contributed by atoms with Crippen LogP contribution in [0, 0.1) is 25.2 Å². The molecule has 0 aliphatic heterocycles. The normalized spacial score (nSPS) is 11.0. The van der Waals surface area contributed by atoms with Crippen LogP contribution in [-0.4, -0.2) is 29.8 Å². The molecule has 3 aromatic heterocycles. The molecule has 0 atom stereocenters. The van der Waals surface area contributed by atoms with E-state index in [9.17, 15) is 5.26 Å². The Bertz CT molecular complexity index is 955. The molecule has 0 saturated heterocycles. The van der Waals surface area contributed by atoms with E-state index in [-0.39, 0.29) is 0 Å². The summed E-state index contributed by atoms with van der Waals surface area (Å²) in [5.41, 5.74) is 4.23. The third-order valence-electron chi connectivity index (χ3n) is 3.71. The summed E-state index contributed by atoms with van der Waals surface area (Å²) >= 11 is 1.25. The van der Waals surface area contributed by atoms with Gasteiger partial charge < -0.3 is 0 Å². The second-order valence-corrected chi connectivity index (χ2v) is 6.33. The lowest BCUT2D eigenvalue weighted by Gasteiger charge is -2.08. The Kier molecular flexibility index (Phi) is 4.44. The fraction of sp³-hybridized carbons (Fsp3) is 0.375. The Morgan fingerprint density at radius 2 is 1.96 bits per heavy atom. The van der Waals surface area contributed by atoms with E-state index in [1.165, 1.54) is 11.8 Å². The molecule has 0 aromatic carbocycles. The van der Waals surface area contributed by atoms with Crippen molar-refractivity contribution >= 4 is 17.5 Å². The molecule has 0 bridgehead atoms. The van der Waals surface area contributed by atoms with Gasteiger partial charge in [-0.2, -0.15) is 15.3 Å². The molecule has 0 aliphatic rings. The van der Waals surface area contributed by atoms with Crippen molar-refractivity contribution in [2.45, 2.75) is 50.7 Å². The molecular formula is C16H17N7S. The number of aryl methyl sites for hydroxylation is 3. The highest BCUT2D eigenvalue weighted by atomic mass is 32.2. The Hall–Kier alpha value is -2.53. The van der Waals surface area contributed by atoms with Gasteiger partial charge in [-0.05, 0) is 50.1 Å². The standard InChI is InChI=1S/C16H17N7S/c1-5-11-12(8-17)14(21-20-13(11)6-2)24-16-19-15-18-9(3)7-10(4)23(15)22-16/h7H,5-6H2,1-4H3. The molecular weight excluding hydrogens is 322 g/mol. The number of nitrogens with zero attached hydrogens (tertiary/aromatic N) is 7. The van der Waals surface area contributed by atoms with E-state index in [2.05, 4.69) is 31.3 Å². The summed E-state index contributed by atoms with van der Waals surface area (Å²) in [4.78, 5) is 8.81. The SMILES string of the molecule is CCc1nnc(Sc2nc3nc(C)cc(C)n3n2)c(C#N)c1CC. The Balaban J connectivity index is 2.06. The zero-order valence-corrected chi connectivity index (χ0v) is 14.8. The second-order valence-electron chi connectivity index (χ2n) is 5.37. The van der Waals surface area contributed by atoms with Crippen LogP contribution in [0.25, 0.3) is 5.78 Å². The third kappa shape index (κ3) is 2.83. The van der Waals surface area contributed by atoms with Gasteiger partial charge in [-0.3, -0.25) is 0 Å². The van der Waals surface area contributed by atoms with Crippen molar-refractivity contribution < 1.29 is 0 Å². The molecule has 0 amide bonds. The van der Waals surface area contributed by atoms with Gasteiger partial charge in [-0.25, -0.2) is 9.50 Å². The molecule has 24 heavy (non-hydrogen) atoms. The maximum atomic E-state index is 9.56. The summed E-state index contributed by atoms with van der Waals surface area (Å²) in [7, 11) is 0. The zero-order chi connectivity index (χ0) is 17.3. The van der Waals surface area contributed by atoms with E-state index in [0.29, 0.717) is 21.5 Å². The van der Waals surface area contributed by atoms with Crippen LogP contribution >= 0.6 is 11.8 Å². The summed E-state index contributed by atoms with van der Waals surface area (Å²) in [6.45, 7) is 7.91. The van der Waals surface area contributed by atoms with E-state index in [4.69, 9.17) is 0 Å². The van der Waals surface area contributed by atoms with Gasteiger partial charge in [0.05, 0.1) is 11.3 Å². The summed E-state index contributed by atoms with van der Waals surface area (Å²) in [5.74, 6) is 0.544. The van der Waals surface area contributed by atoms with E-state index >= 15 is 0 Å². The van der Waals surface area contributed by atoms with Crippen molar-refractivity contribution in [2.24, 2.45) is 0 Å². The van der Waals surface area contributed by atoms with Gasteiger partial charge in [-0.1, -0.05) is 13.8 Å². The largest absolute Gasteiger partial charge is 0.253 e. The minimum atomic E-state index is 0.508. The molecule has 0 spiro atoms. The predicted octanol–water partition coefficient (Wildman–Crippen LogP) is 2.68. The summed E-state index contributed by atoms with van der Waals surface area (Å²) in [6.07, 6.45) is 1.50. The molecule has 0 radical (unpaired) electrons. The molecule has 7 nitrogen and oxygen atoms in total. The van der Waals surface area contributed by atoms with Crippen LogP contribution < -0.4 is 0 Å². The molecule has 8 heteroatoms. The average Bonchev–Trinajstić information content (AvgIpc) is 2.96. The van der Waals surface area contributed by atoms with Gasteiger partial charge in [0.25, 0.3) is 5.78 Å². The Labute approximate surface area is 144 Å². The van der Waals surface area contributed by atoms with E-state index < -0.39 is 0 Å². The topological polar surface area (TPSA) is 92.7 Å². The van der Waals surface area contributed by atoms with E-state index in [0.717, 1.165) is 35.5 Å². The molecule has 122 valence electrons. The molecule has 0 N–H and O–H groups in total. The lowest BCUT2D eigenvalue weighted by molar-refractivity contribution is 0.810. The first-order valence-corrected chi connectivity index (χ1v) is 8.56. The Morgan fingerprint density at radius 1 is 1.17 bits per heavy atom. The van der Waals surface area contributed by atoms with Crippen LogP contribution in [0.2, 0.25) is 0 Å². The first-order chi connectivity index (χ1) is 11.6. The third-order valence-corrected chi connectivity index (χ3v) is 4.55. The zero-order valence-electron chi connectivity index (χ0n) is 14.0. The van der Waals surface area contributed by atoms with Crippen molar-refractivity contribution in [1.29, 1.82) is 5.26 Å². The number of fused-ring (bicyclic) bond motifs is 1. The number of aromatic nitrogens is 6. The molecule has 3 heterocycles. The van der Waals surface area contributed by atoms with E-state index in [1.54, 1.807) is 4.52 Å². The average molecular weight is 339 g/mol. The van der Waals surface area contributed by atoms with Crippen LogP contribution in [0.4, 0.5) is 0 Å². The van der Waals surface area contributed by atoms with Crippen molar-refractivity contribution in [1.82, 2.24) is 29.8 Å². The quantitative estimate of drug-likeness (QED) is 0.721. The van der Waals surface area contributed by atoms with Crippen LogP contribution in [0.3, 0.4) is 0 Å². The highest BCUT2D eigenvalue weighted by molar-refractivity contribution is 7.99. The molecule has 0 saturated carbocycles. The number of nitriles is 1. The Morgan fingerprint density at radius 3 is 2.62 bits per heavy atom. The van der Waals surface area contributed by atoms with Gasteiger partial charge in [0.2, 0.25) is 5.16 Å². The van der Waals surface area contributed by atoms with Gasteiger partial charge in [-0.15, -0.1) is 10.2 Å². The molecule has 3 aromatic rings. The predicted molar refractivity (Wildman–Crippen MR) is 89.9 cm³/mol. The lowest BCUT2D eigenvalue weighted by atomic mass is 10.1.